The molecule has 0 saturated heterocycles. The van der Waals surface area contributed by atoms with Gasteiger partial charge >= 0.3 is 0 Å². The molecular weight excluding hydrogens is 306 g/mol. The number of benzene rings is 1. The second-order valence-electron chi connectivity index (χ2n) is 7.52. The van der Waals surface area contributed by atoms with Crippen LogP contribution in [0.3, 0.4) is 0 Å². The van der Waals surface area contributed by atoms with Crippen LogP contribution in [0.15, 0.2) is 30.5 Å². The minimum atomic E-state index is 1.03. The SMILES string of the molecule is Cc1ccc(CCn2c3c(c4c(C)c(C)ccc42)CN(C)CC3)cn1. The number of aromatic nitrogens is 2. The quantitative estimate of drug-likeness (QED) is 0.716. The van der Waals surface area contributed by atoms with E-state index in [0.29, 0.717) is 0 Å². The fourth-order valence-corrected chi connectivity index (χ4v) is 4.10. The van der Waals surface area contributed by atoms with Crippen LogP contribution >= 0.6 is 0 Å². The maximum Gasteiger partial charge on any atom is 0.0488 e. The summed E-state index contributed by atoms with van der Waals surface area (Å²) in [4.78, 5) is 6.89. The van der Waals surface area contributed by atoms with Gasteiger partial charge in [-0.3, -0.25) is 4.98 Å². The van der Waals surface area contributed by atoms with Gasteiger partial charge in [-0.2, -0.15) is 0 Å². The molecule has 130 valence electrons. The van der Waals surface area contributed by atoms with E-state index in [-0.39, 0.29) is 0 Å². The third kappa shape index (κ3) is 2.87. The van der Waals surface area contributed by atoms with Gasteiger partial charge in [-0.25, -0.2) is 0 Å². The Hall–Kier alpha value is -2.13. The number of hydrogen-bond donors (Lipinski definition) is 0. The lowest BCUT2D eigenvalue weighted by molar-refractivity contribution is 0.309. The summed E-state index contributed by atoms with van der Waals surface area (Å²) in [7, 11) is 2.23. The number of likely N-dealkylation sites (N-methyl/N-ethyl adjacent to an activating group) is 1. The average molecular weight is 333 g/mol. The lowest BCUT2D eigenvalue weighted by Crippen LogP contribution is -2.27. The van der Waals surface area contributed by atoms with Gasteiger partial charge in [-0.05, 0) is 68.6 Å². The maximum atomic E-state index is 4.45. The largest absolute Gasteiger partial charge is 0.344 e. The van der Waals surface area contributed by atoms with Crippen molar-refractivity contribution in [3.63, 3.8) is 0 Å². The van der Waals surface area contributed by atoms with Gasteiger partial charge in [0, 0.05) is 54.5 Å². The van der Waals surface area contributed by atoms with Gasteiger partial charge in [-0.15, -0.1) is 0 Å². The molecule has 0 amide bonds. The molecule has 0 N–H and O–H groups in total. The zero-order valence-corrected chi connectivity index (χ0v) is 15.8. The molecule has 0 spiro atoms. The fraction of sp³-hybridized carbons (Fsp3) is 0.409. The highest BCUT2D eigenvalue weighted by molar-refractivity contribution is 5.89. The lowest BCUT2D eigenvalue weighted by atomic mass is 9.99. The zero-order chi connectivity index (χ0) is 17.6. The van der Waals surface area contributed by atoms with Crippen molar-refractivity contribution < 1.29 is 0 Å². The first-order valence-electron chi connectivity index (χ1n) is 9.25. The molecule has 1 aliphatic rings. The molecule has 0 unspecified atom stereocenters. The molecule has 3 nitrogen and oxygen atoms in total. The fourth-order valence-electron chi connectivity index (χ4n) is 4.10. The van der Waals surface area contributed by atoms with Gasteiger partial charge in [0.05, 0.1) is 0 Å². The van der Waals surface area contributed by atoms with E-state index in [1.807, 2.05) is 13.1 Å². The number of fused-ring (bicyclic) bond motifs is 3. The molecule has 1 aliphatic heterocycles. The molecule has 3 heterocycles. The van der Waals surface area contributed by atoms with Crippen molar-refractivity contribution in [2.24, 2.45) is 0 Å². The zero-order valence-electron chi connectivity index (χ0n) is 15.8. The summed E-state index contributed by atoms with van der Waals surface area (Å²) >= 11 is 0. The summed E-state index contributed by atoms with van der Waals surface area (Å²) in [6.45, 7) is 9.79. The molecule has 0 radical (unpaired) electrons. The summed E-state index contributed by atoms with van der Waals surface area (Å²) in [5.41, 5.74) is 9.74. The van der Waals surface area contributed by atoms with Crippen LogP contribution in [0.25, 0.3) is 10.9 Å². The van der Waals surface area contributed by atoms with E-state index in [1.54, 1.807) is 11.3 Å². The lowest BCUT2D eigenvalue weighted by Gasteiger charge is -2.24. The molecule has 2 aromatic heterocycles. The van der Waals surface area contributed by atoms with Crippen molar-refractivity contribution in [1.29, 1.82) is 0 Å². The van der Waals surface area contributed by atoms with E-state index in [0.717, 1.165) is 38.2 Å². The first-order valence-corrected chi connectivity index (χ1v) is 9.25. The monoisotopic (exact) mass is 333 g/mol. The molecule has 25 heavy (non-hydrogen) atoms. The van der Waals surface area contributed by atoms with E-state index >= 15 is 0 Å². The Morgan fingerprint density at radius 3 is 2.68 bits per heavy atom. The Morgan fingerprint density at radius 2 is 1.92 bits per heavy atom. The van der Waals surface area contributed by atoms with Gasteiger partial charge in [-0.1, -0.05) is 12.1 Å². The van der Waals surface area contributed by atoms with Crippen LogP contribution in [0, 0.1) is 20.8 Å². The van der Waals surface area contributed by atoms with Crippen molar-refractivity contribution in [3.8, 4) is 0 Å². The molecule has 3 heteroatoms. The number of rotatable bonds is 3. The molecular formula is C22H27N3. The first kappa shape index (κ1) is 16.3. The Morgan fingerprint density at radius 1 is 1.08 bits per heavy atom. The normalized spacial score (nSPS) is 14.9. The second kappa shape index (κ2) is 6.30. The average Bonchev–Trinajstić information content (AvgIpc) is 2.91. The summed E-state index contributed by atoms with van der Waals surface area (Å²) in [6, 6.07) is 8.92. The molecule has 0 fully saturated rings. The van der Waals surface area contributed by atoms with Crippen molar-refractivity contribution in [3.05, 3.63) is 64.1 Å². The summed E-state index contributed by atoms with van der Waals surface area (Å²) in [6.07, 6.45) is 4.20. The van der Waals surface area contributed by atoms with Crippen molar-refractivity contribution >= 4 is 10.9 Å². The highest BCUT2D eigenvalue weighted by atomic mass is 15.1. The van der Waals surface area contributed by atoms with E-state index in [9.17, 15) is 0 Å². The number of aryl methyl sites for hydroxylation is 5. The van der Waals surface area contributed by atoms with Crippen molar-refractivity contribution in [2.45, 2.75) is 46.7 Å². The topological polar surface area (TPSA) is 21.1 Å². The standard InChI is InChI=1S/C22H27N3/c1-15-5-8-21-22(17(15)3)19-14-24(4)11-10-20(19)25(21)12-9-18-7-6-16(2)23-13-18/h5-8,13H,9-12,14H2,1-4H3. The van der Waals surface area contributed by atoms with Gasteiger partial charge in [0.15, 0.2) is 0 Å². The molecule has 0 bridgehead atoms. The van der Waals surface area contributed by atoms with Crippen LogP contribution < -0.4 is 0 Å². The van der Waals surface area contributed by atoms with Gasteiger partial charge in [0.25, 0.3) is 0 Å². The Bertz CT molecular complexity index is 919. The highest BCUT2D eigenvalue weighted by Crippen LogP contribution is 2.34. The Labute approximate surface area is 150 Å². The van der Waals surface area contributed by atoms with Crippen LogP contribution in [0.1, 0.15) is 33.6 Å². The van der Waals surface area contributed by atoms with Crippen molar-refractivity contribution in [1.82, 2.24) is 14.5 Å². The smallest absolute Gasteiger partial charge is 0.0488 e. The molecule has 3 aromatic rings. The molecule has 0 saturated carbocycles. The predicted molar refractivity (Wildman–Crippen MR) is 104 cm³/mol. The van der Waals surface area contributed by atoms with Crippen LogP contribution in [-0.4, -0.2) is 28.0 Å². The molecule has 0 atom stereocenters. The third-order valence-corrected chi connectivity index (χ3v) is 5.74. The van der Waals surface area contributed by atoms with Crippen LogP contribution in [-0.2, 0) is 25.9 Å². The second-order valence-corrected chi connectivity index (χ2v) is 7.52. The van der Waals surface area contributed by atoms with E-state index in [4.69, 9.17) is 0 Å². The predicted octanol–water partition coefficient (Wildman–Crippen LogP) is 4.19. The van der Waals surface area contributed by atoms with E-state index in [1.165, 1.54) is 27.6 Å². The van der Waals surface area contributed by atoms with Crippen LogP contribution in [0.2, 0.25) is 0 Å². The summed E-state index contributed by atoms with van der Waals surface area (Å²) in [5, 5.41) is 1.49. The highest BCUT2D eigenvalue weighted by Gasteiger charge is 2.23. The summed E-state index contributed by atoms with van der Waals surface area (Å²) in [5.74, 6) is 0. The number of pyridine rings is 1. The van der Waals surface area contributed by atoms with Crippen LogP contribution in [0.4, 0.5) is 0 Å². The van der Waals surface area contributed by atoms with Crippen LogP contribution in [0.5, 0.6) is 0 Å². The minimum absolute atomic E-state index is 1.03. The van der Waals surface area contributed by atoms with Gasteiger partial charge < -0.3 is 9.47 Å². The summed E-state index contributed by atoms with van der Waals surface area (Å²) < 4.78 is 2.57. The molecule has 1 aromatic carbocycles. The van der Waals surface area contributed by atoms with E-state index < -0.39 is 0 Å². The first-order chi connectivity index (χ1) is 12.0. The van der Waals surface area contributed by atoms with Gasteiger partial charge in [0.1, 0.15) is 0 Å². The number of nitrogens with zero attached hydrogens (tertiary/aromatic N) is 3. The maximum absolute atomic E-state index is 4.45. The van der Waals surface area contributed by atoms with Gasteiger partial charge in [0.2, 0.25) is 0 Å². The van der Waals surface area contributed by atoms with Crippen molar-refractivity contribution in [2.75, 3.05) is 13.6 Å². The van der Waals surface area contributed by atoms with E-state index in [2.05, 4.69) is 59.6 Å². The molecule has 0 aliphatic carbocycles. The third-order valence-electron chi connectivity index (χ3n) is 5.74. The number of hydrogen-bond acceptors (Lipinski definition) is 2. The Kier molecular flexibility index (Phi) is 4.12. The minimum Gasteiger partial charge on any atom is -0.344 e. The molecule has 4 rings (SSSR count). The Balaban J connectivity index is 1.77.